The fourth-order valence-corrected chi connectivity index (χ4v) is 3.34. The highest BCUT2D eigenvalue weighted by molar-refractivity contribution is 5.74. The summed E-state index contributed by atoms with van der Waals surface area (Å²) in [5.41, 5.74) is 3.79. The zero-order valence-electron chi connectivity index (χ0n) is 18.6. The number of fused-ring (bicyclic) bond motifs is 1. The SMILES string of the molecule is C=C(NC(=C/C=C(\C)F)/N=C\C)N1CCCN(C)c2ccc(-c3ccc(C)nc3)nc21. The Kier molecular flexibility index (Phi) is 7.18. The molecule has 0 aromatic carbocycles. The van der Waals surface area contributed by atoms with Crippen LogP contribution in [0, 0.1) is 6.92 Å². The van der Waals surface area contributed by atoms with E-state index in [1.807, 2.05) is 38.2 Å². The molecule has 0 atom stereocenters. The van der Waals surface area contributed by atoms with Crippen LogP contribution >= 0.6 is 0 Å². The third-order valence-electron chi connectivity index (χ3n) is 4.94. The zero-order valence-corrected chi connectivity index (χ0v) is 18.6. The van der Waals surface area contributed by atoms with Gasteiger partial charge in [0, 0.05) is 43.8 Å². The van der Waals surface area contributed by atoms with E-state index in [4.69, 9.17) is 4.98 Å². The van der Waals surface area contributed by atoms with Gasteiger partial charge in [0.25, 0.3) is 0 Å². The Morgan fingerprint density at radius 2 is 2.03 bits per heavy atom. The highest BCUT2D eigenvalue weighted by Gasteiger charge is 2.23. The van der Waals surface area contributed by atoms with E-state index in [-0.39, 0.29) is 5.83 Å². The molecule has 0 spiro atoms. The molecule has 1 aliphatic rings. The Bertz CT molecular complexity index is 1020. The normalized spacial score (nSPS) is 15.1. The molecule has 6 nitrogen and oxygen atoms in total. The van der Waals surface area contributed by atoms with Crippen molar-refractivity contribution in [3.63, 3.8) is 0 Å². The number of nitrogens with zero attached hydrogens (tertiary/aromatic N) is 5. The van der Waals surface area contributed by atoms with Crippen LogP contribution in [0.15, 0.2) is 71.7 Å². The lowest BCUT2D eigenvalue weighted by Crippen LogP contribution is -2.31. The number of aryl methyl sites for hydroxylation is 1. The minimum Gasteiger partial charge on any atom is -0.372 e. The molecule has 7 heteroatoms. The molecule has 0 bridgehead atoms. The molecule has 3 heterocycles. The standard InChI is InChI=1S/C24H29FN6/c1-6-26-23(13-8-17(2)25)28-19(4)31-15-7-14-30(5)22-12-11-21(29-24(22)31)20-10-9-18(3)27-16-20/h6,8-13,16,28H,4,7,14-15H2,1-3,5H3/b17-8+,23-13+,26-6-. The van der Waals surface area contributed by atoms with Crippen LogP contribution in [-0.4, -0.2) is 36.3 Å². The van der Waals surface area contributed by atoms with Crippen LogP contribution in [0.1, 0.15) is 26.0 Å². The third kappa shape index (κ3) is 5.57. The summed E-state index contributed by atoms with van der Waals surface area (Å²) < 4.78 is 13.2. The van der Waals surface area contributed by atoms with E-state index in [9.17, 15) is 4.39 Å². The number of rotatable bonds is 6. The first kappa shape index (κ1) is 22.2. The first-order chi connectivity index (χ1) is 14.9. The van der Waals surface area contributed by atoms with E-state index < -0.39 is 0 Å². The Hall–Kier alpha value is -3.48. The number of hydrogen-bond donors (Lipinski definition) is 1. The molecule has 1 aliphatic heterocycles. The topological polar surface area (TPSA) is 56.7 Å². The Morgan fingerprint density at radius 3 is 2.71 bits per heavy atom. The maximum absolute atomic E-state index is 13.2. The Morgan fingerprint density at radius 1 is 1.23 bits per heavy atom. The molecule has 2 aromatic rings. The first-order valence-electron chi connectivity index (χ1n) is 10.3. The number of anilines is 2. The molecule has 0 radical (unpaired) electrons. The molecule has 0 saturated carbocycles. The monoisotopic (exact) mass is 420 g/mol. The van der Waals surface area contributed by atoms with Gasteiger partial charge in [0.2, 0.25) is 0 Å². The number of pyridine rings is 2. The molecule has 1 N–H and O–H groups in total. The molecule has 3 rings (SSSR count). The Balaban J connectivity index is 1.98. The predicted octanol–water partition coefficient (Wildman–Crippen LogP) is 4.96. The van der Waals surface area contributed by atoms with Gasteiger partial charge in [-0.05, 0) is 63.6 Å². The van der Waals surface area contributed by atoms with Crippen LogP contribution in [0.2, 0.25) is 0 Å². The van der Waals surface area contributed by atoms with Gasteiger partial charge in [-0.25, -0.2) is 14.4 Å². The van der Waals surface area contributed by atoms with Gasteiger partial charge in [0.1, 0.15) is 11.6 Å². The molecule has 0 saturated heterocycles. The van der Waals surface area contributed by atoms with Crippen molar-refractivity contribution in [2.45, 2.75) is 27.2 Å². The second kappa shape index (κ2) is 10.0. The molecule has 0 unspecified atom stereocenters. The largest absolute Gasteiger partial charge is 0.372 e. The molecule has 0 fully saturated rings. The summed E-state index contributed by atoms with van der Waals surface area (Å²) in [6.07, 6.45) is 7.39. The quantitative estimate of drug-likeness (QED) is 0.528. The summed E-state index contributed by atoms with van der Waals surface area (Å²) in [4.78, 5) is 17.9. The lowest BCUT2D eigenvalue weighted by molar-refractivity contribution is 0.640. The minimum atomic E-state index is -0.295. The molecular formula is C24H29FN6. The fraction of sp³-hybridized carbons (Fsp3) is 0.292. The summed E-state index contributed by atoms with van der Waals surface area (Å²) in [7, 11) is 2.06. The molecule has 0 aliphatic carbocycles. The van der Waals surface area contributed by atoms with Crippen LogP contribution in [-0.2, 0) is 0 Å². The van der Waals surface area contributed by atoms with E-state index in [0.717, 1.165) is 48.0 Å². The van der Waals surface area contributed by atoms with Crippen molar-refractivity contribution in [3.05, 3.63) is 72.4 Å². The maximum Gasteiger partial charge on any atom is 0.158 e. The van der Waals surface area contributed by atoms with Crippen molar-refractivity contribution in [1.82, 2.24) is 15.3 Å². The van der Waals surface area contributed by atoms with Gasteiger partial charge >= 0.3 is 0 Å². The van der Waals surface area contributed by atoms with Gasteiger partial charge in [-0.2, -0.15) is 0 Å². The van der Waals surface area contributed by atoms with E-state index in [1.54, 1.807) is 12.3 Å². The summed E-state index contributed by atoms with van der Waals surface area (Å²) in [6, 6.07) is 8.10. The van der Waals surface area contributed by atoms with Gasteiger partial charge in [-0.15, -0.1) is 0 Å². The highest BCUT2D eigenvalue weighted by Crippen LogP contribution is 2.34. The summed E-state index contributed by atoms with van der Waals surface area (Å²) in [5, 5.41) is 3.21. The highest BCUT2D eigenvalue weighted by atomic mass is 19.1. The van der Waals surface area contributed by atoms with Crippen LogP contribution in [0.4, 0.5) is 15.9 Å². The molecular weight excluding hydrogens is 391 g/mol. The average molecular weight is 421 g/mol. The first-order valence-corrected chi connectivity index (χ1v) is 10.3. The van der Waals surface area contributed by atoms with E-state index in [1.165, 1.54) is 13.0 Å². The summed E-state index contributed by atoms with van der Waals surface area (Å²) >= 11 is 0. The van der Waals surface area contributed by atoms with Gasteiger partial charge in [-0.1, -0.05) is 6.58 Å². The number of allylic oxidation sites excluding steroid dienone is 3. The van der Waals surface area contributed by atoms with Crippen molar-refractivity contribution in [1.29, 1.82) is 0 Å². The predicted molar refractivity (Wildman–Crippen MR) is 127 cm³/mol. The lowest BCUT2D eigenvalue weighted by Gasteiger charge is -2.27. The van der Waals surface area contributed by atoms with Crippen molar-refractivity contribution in [2.24, 2.45) is 4.99 Å². The van der Waals surface area contributed by atoms with Crippen molar-refractivity contribution in [3.8, 4) is 11.3 Å². The van der Waals surface area contributed by atoms with E-state index >= 15 is 0 Å². The number of nitrogens with one attached hydrogen (secondary N) is 1. The zero-order chi connectivity index (χ0) is 22.4. The van der Waals surface area contributed by atoms with Gasteiger partial charge in [0.15, 0.2) is 5.82 Å². The maximum atomic E-state index is 13.2. The number of hydrogen-bond acceptors (Lipinski definition) is 6. The van der Waals surface area contributed by atoms with E-state index in [2.05, 4.69) is 44.8 Å². The molecule has 2 aromatic heterocycles. The van der Waals surface area contributed by atoms with Crippen LogP contribution in [0.3, 0.4) is 0 Å². The second-order valence-electron chi connectivity index (χ2n) is 7.42. The molecule has 0 amide bonds. The van der Waals surface area contributed by atoms with E-state index in [0.29, 0.717) is 11.6 Å². The summed E-state index contributed by atoms with van der Waals surface area (Å²) in [6.45, 7) is 11.0. The van der Waals surface area contributed by atoms with Crippen molar-refractivity contribution >= 4 is 17.7 Å². The van der Waals surface area contributed by atoms with Crippen LogP contribution in [0.25, 0.3) is 11.3 Å². The number of aliphatic imine (C=N–C) groups is 1. The van der Waals surface area contributed by atoms with Gasteiger partial charge in [0.05, 0.1) is 17.2 Å². The minimum absolute atomic E-state index is 0.295. The fourth-order valence-electron chi connectivity index (χ4n) is 3.34. The van der Waals surface area contributed by atoms with Crippen LogP contribution in [0.5, 0.6) is 0 Å². The molecule has 31 heavy (non-hydrogen) atoms. The van der Waals surface area contributed by atoms with Gasteiger partial charge in [-0.3, -0.25) is 4.98 Å². The third-order valence-corrected chi connectivity index (χ3v) is 4.94. The summed E-state index contributed by atoms with van der Waals surface area (Å²) in [5.74, 6) is 1.65. The smallest absolute Gasteiger partial charge is 0.158 e. The number of aromatic nitrogens is 2. The van der Waals surface area contributed by atoms with Crippen molar-refractivity contribution in [2.75, 3.05) is 29.9 Å². The average Bonchev–Trinajstić information content (AvgIpc) is 2.91. The lowest BCUT2D eigenvalue weighted by atomic mass is 10.1. The molecule has 162 valence electrons. The van der Waals surface area contributed by atoms with Crippen molar-refractivity contribution < 1.29 is 4.39 Å². The van der Waals surface area contributed by atoms with Crippen LogP contribution < -0.4 is 15.1 Å². The van der Waals surface area contributed by atoms with Gasteiger partial charge < -0.3 is 15.1 Å². The second-order valence-corrected chi connectivity index (χ2v) is 7.42. The number of halogens is 1. The Labute approximate surface area is 183 Å².